The van der Waals surface area contributed by atoms with Gasteiger partial charge in [0.05, 0.1) is 45.4 Å². The summed E-state index contributed by atoms with van der Waals surface area (Å²) in [5.74, 6) is 6.46. The molecule has 0 bridgehead atoms. The predicted molar refractivity (Wildman–Crippen MR) is 146 cm³/mol. The predicted octanol–water partition coefficient (Wildman–Crippen LogP) is 4.00. The second-order valence-electron chi connectivity index (χ2n) is 9.66. The normalized spacial score (nSPS) is 13.1. The van der Waals surface area contributed by atoms with Gasteiger partial charge in [0, 0.05) is 49.0 Å². The summed E-state index contributed by atoms with van der Waals surface area (Å²) >= 11 is 6.62. The van der Waals surface area contributed by atoms with Crippen LogP contribution in [0.25, 0.3) is 21.8 Å². The molecular formula is C28H25ClN8O. The summed E-state index contributed by atoms with van der Waals surface area (Å²) in [6.45, 7) is 2.36. The average Bonchev–Trinajstić information content (AvgIpc) is 3.58. The Kier molecular flexibility index (Phi) is 5.77. The van der Waals surface area contributed by atoms with Crippen LogP contribution in [0.3, 0.4) is 0 Å². The standard InChI is InChI=1S/C28H25ClN8O/c1-16-14-35(2)34-24(16)9-5-17-4-6-18(31-12-17)15-37(19-7-8-19)28(38)20-10-21-25(11-23(20)29)33-27(30)22-13-32-36(3)26(21)22/h4,6,10-14,19H,7-8,15H2,1-3H3,(H2,30,33). The molecule has 1 saturated carbocycles. The first-order valence-electron chi connectivity index (χ1n) is 12.3. The van der Waals surface area contributed by atoms with E-state index in [1.807, 2.05) is 44.2 Å². The molecule has 1 aromatic carbocycles. The highest BCUT2D eigenvalue weighted by atomic mass is 35.5. The zero-order valence-corrected chi connectivity index (χ0v) is 22.0. The van der Waals surface area contributed by atoms with Gasteiger partial charge in [-0.25, -0.2) is 4.98 Å². The fourth-order valence-corrected chi connectivity index (χ4v) is 4.92. The Morgan fingerprint density at radius 2 is 2.00 bits per heavy atom. The molecule has 4 heterocycles. The second-order valence-corrected chi connectivity index (χ2v) is 10.1. The molecule has 1 aliphatic rings. The molecule has 190 valence electrons. The van der Waals surface area contributed by atoms with Crippen molar-refractivity contribution in [3.63, 3.8) is 0 Å². The van der Waals surface area contributed by atoms with Gasteiger partial charge in [-0.1, -0.05) is 17.5 Å². The van der Waals surface area contributed by atoms with Gasteiger partial charge < -0.3 is 10.6 Å². The number of nitrogens with two attached hydrogens (primary N) is 1. The molecule has 0 unspecified atom stereocenters. The van der Waals surface area contributed by atoms with E-state index < -0.39 is 0 Å². The third-order valence-electron chi connectivity index (χ3n) is 6.77. The van der Waals surface area contributed by atoms with Gasteiger partial charge in [0.2, 0.25) is 0 Å². The number of hydrogen-bond donors (Lipinski definition) is 1. The second kappa shape index (κ2) is 9.15. The van der Waals surface area contributed by atoms with Crippen molar-refractivity contribution in [3.05, 3.63) is 76.0 Å². The molecule has 9 nitrogen and oxygen atoms in total. The highest BCUT2D eigenvalue weighted by Crippen LogP contribution is 2.34. The van der Waals surface area contributed by atoms with Gasteiger partial charge in [-0.3, -0.25) is 19.1 Å². The monoisotopic (exact) mass is 524 g/mol. The zero-order valence-electron chi connectivity index (χ0n) is 21.2. The van der Waals surface area contributed by atoms with Crippen LogP contribution in [0.15, 0.2) is 42.9 Å². The van der Waals surface area contributed by atoms with E-state index in [0.29, 0.717) is 28.5 Å². The number of benzene rings is 1. The van der Waals surface area contributed by atoms with E-state index in [2.05, 4.69) is 32.0 Å². The minimum atomic E-state index is -0.136. The van der Waals surface area contributed by atoms with Crippen LogP contribution in [0.4, 0.5) is 5.82 Å². The zero-order chi connectivity index (χ0) is 26.6. The van der Waals surface area contributed by atoms with Gasteiger partial charge in [-0.2, -0.15) is 10.2 Å². The number of nitrogens with zero attached hydrogens (tertiary/aromatic N) is 7. The summed E-state index contributed by atoms with van der Waals surface area (Å²) in [5, 5.41) is 10.5. The third kappa shape index (κ3) is 4.33. The molecular weight excluding hydrogens is 500 g/mol. The number of pyridine rings is 2. The molecule has 1 aliphatic carbocycles. The van der Waals surface area contributed by atoms with Crippen LogP contribution < -0.4 is 5.73 Å². The van der Waals surface area contributed by atoms with Crippen molar-refractivity contribution in [2.24, 2.45) is 14.1 Å². The molecule has 1 amide bonds. The SMILES string of the molecule is Cc1cn(C)nc1C#Cc1ccc(CN(C(=O)c2cc3c(cc2Cl)nc(N)c2cnn(C)c23)C2CC2)nc1. The maximum Gasteiger partial charge on any atom is 0.255 e. The molecule has 38 heavy (non-hydrogen) atoms. The summed E-state index contributed by atoms with van der Waals surface area (Å²) in [7, 11) is 3.71. The number of amides is 1. The van der Waals surface area contributed by atoms with E-state index in [9.17, 15) is 4.79 Å². The van der Waals surface area contributed by atoms with Crippen molar-refractivity contribution in [1.82, 2.24) is 34.4 Å². The van der Waals surface area contributed by atoms with E-state index in [0.717, 1.165) is 51.6 Å². The number of rotatable bonds is 4. The number of carbonyl (C=O) groups is 1. The fourth-order valence-electron chi connectivity index (χ4n) is 4.68. The van der Waals surface area contributed by atoms with Crippen LogP contribution >= 0.6 is 11.6 Å². The Bertz CT molecular complexity index is 1790. The van der Waals surface area contributed by atoms with Crippen molar-refractivity contribution in [1.29, 1.82) is 0 Å². The van der Waals surface area contributed by atoms with Gasteiger partial charge in [0.25, 0.3) is 5.91 Å². The van der Waals surface area contributed by atoms with E-state index in [-0.39, 0.29) is 11.9 Å². The minimum Gasteiger partial charge on any atom is -0.383 e. The van der Waals surface area contributed by atoms with Crippen molar-refractivity contribution in [3.8, 4) is 11.8 Å². The van der Waals surface area contributed by atoms with Gasteiger partial charge >= 0.3 is 0 Å². The van der Waals surface area contributed by atoms with Crippen LogP contribution in [-0.2, 0) is 20.6 Å². The average molecular weight is 525 g/mol. The number of aryl methyl sites for hydroxylation is 3. The van der Waals surface area contributed by atoms with E-state index in [1.165, 1.54) is 0 Å². The number of halogens is 1. The van der Waals surface area contributed by atoms with Crippen molar-refractivity contribution in [2.45, 2.75) is 32.4 Å². The number of anilines is 1. The Morgan fingerprint density at radius 1 is 1.18 bits per heavy atom. The lowest BCUT2D eigenvalue weighted by Gasteiger charge is -2.23. The lowest BCUT2D eigenvalue weighted by atomic mass is 10.1. The van der Waals surface area contributed by atoms with Crippen LogP contribution in [0.1, 0.15) is 45.7 Å². The van der Waals surface area contributed by atoms with Crippen molar-refractivity contribution >= 4 is 45.1 Å². The number of fused-ring (bicyclic) bond motifs is 3. The Hall–Kier alpha value is -4.42. The first kappa shape index (κ1) is 23.9. The van der Waals surface area contributed by atoms with Crippen LogP contribution in [0, 0.1) is 18.8 Å². The molecule has 0 spiro atoms. The quantitative estimate of drug-likeness (QED) is 0.356. The van der Waals surface area contributed by atoms with Gasteiger partial charge in [-0.15, -0.1) is 0 Å². The third-order valence-corrected chi connectivity index (χ3v) is 7.08. The summed E-state index contributed by atoms with van der Waals surface area (Å²) in [6.07, 6.45) is 7.25. The smallest absolute Gasteiger partial charge is 0.255 e. The summed E-state index contributed by atoms with van der Waals surface area (Å²) in [5.41, 5.74) is 11.3. The van der Waals surface area contributed by atoms with Crippen molar-refractivity contribution < 1.29 is 4.79 Å². The summed E-state index contributed by atoms with van der Waals surface area (Å²) in [4.78, 5) is 24.7. The van der Waals surface area contributed by atoms with Crippen LogP contribution in [-0.4, -0.2) is 46.4 Å². The number of aromatic nitrogens is 6. The van der Waals surface area contributed by atoms with E-state index in [4.69, 9.17) is 17.3 Å². The number of carbonyl (C=O) groups excluding carboxylic acids is 1. The fraction of sp³-hybridized carbons (Fsp3) is 0.250. The number of nitrogen functional groups attached to an aromatic ring is 1. The first-order valence-corrected chi connectivity index (χ1v) is 12.6. The molecule has 4 aromatic heterocycles. The van der Waals surface area contributed by atoms with Crippen molar-refractivity contribution in [2.75, 3.05) is 5.73 Å². The maximum absolute atomic E-state index is 13.8. The molecule has 0 radical (unpaired) electrons. The van der Waals surface area contributed by atoms with E-state index in [1.54, 1.807) is 33.9 Å². The summed E-state index contributed by atoms with van der Waals surface area (Å²) < 4.78 is 3.48. The molecule has 10 heteroatoms. The number of hydrogen-bond acceptors (Lipinski definition) is 6. The maximum atomic E-state index is 13.8. The van der Waals surface area contributed by atoms with Crippen LogP contribution in [0.5, 0.6) is 0 Å². The highest BCUT2D eigenvalue weighted by molar-refractivity contribution is 6.35. The Morgan fingerprint density at radius 3 is 2.68 bits per heavy atom. The molecule has 1 fully saturated rings. The Balaban J connectivity index is 1.29. The van der Waals surface area contributed by atoms with Gasteiger partial charge in [0.1, 0.15) is 11.5 Å². The highest BCUT2D eigenvalue weighted by Gasteiger charge is 2.34. The lowest BCUT2D eigenvalue weighted by Crippen LogP contribution is -2.33. The lowest BCUT2D eigenvalue weighted by molar-refractivity contribution is 0.0728. The molecule has 0 atom stereocenters. The molecule has 5 aromatic rings. The molecule has 0 saturated heterocycles. The van der Waals surface area contributed by atoms with Gasteiger partial charge in [-0.05, 0) is 50.0 Å². The Labute approximate surface area is 224 Å². The minimum absolute atomic E-state index is 0.136. The van der Waals surface area contributed by atoms with E-state index >= 15 is 0 Å². The molecule has 2 N–H and O–H groups in total. The summed E-state index contributed by atoms with van der Waals surface area (Å²) in [6, 6.07) is 7.49. The molecule has 0 aliphatic heterocycles. The largest absolute Gasteiger partial charge is 0.383 e. The van der Waals surface area contributed by atoms with Crippen LogP contribution in [0.2, 0.25) is 5.02 Å². The van der Waals surface area contributed by atoms with Gasteiger partial charge in [0.15, 0.2) is 0 Å². The molecule has 6 rings (SSSR count). The first-order chi connectivity index (χ1) is 18.3. The topological polar surface area (TPSA) is 108 Å².